The third kappa shape index (κ3) is 0.796. The van der Waals surface area contributed by atoms with E-state index in [0.29, 0.717) is 23.5 Å². The maximum absolute atomic E-state index is 6.01. The predicted octanol–water partition coefficient (Wildman–Crippen LogP) is 2.17. The van der Waals surface area contributed by atoms with Crippen molar-refractivity contribution in [2.75, 3.05) is 0 Å². The molecule has 2 heteroatoms. The van der Waals surface area contributed by atoms with E-state index in [-0.39, 0.29) is 5.82 Å². The number of fused-ring (bicyclic) bond motifs is 2. The molecule has 2 aliphatic rings. The van der Waals surface area contributed by atoms with Crippen LogP contribution in [0.25, 0.3) is 0 Å². The smallest absolute Gasteiger partial charge is 0.0735 e. The van der Waals surface area contributed by atoms with Gasteiger partial charge in [-0.3, -0.25) is 0 Å². The molecule has 1 aliphatic heterocycles. The Bertz CT molecular complexity index is 194. The van der Waals surface area contributed by atoms with Gasteiger partial charge in [0.15, 0.2) is 0 Å². The molecule has 1 heterocycles. The average molecular weight is 164 g/mol. The zero-order chi connectivity index (χ0) is 8.93. The van der Waals surface area contributed by atoms with Crippen molar-refractivity contribution in [3.05, 3.63) is 0 Å². The lowest BCUT2D eigenvalue weighted by atomic mass is 9.72. The number of ether oxygens (including phenoxy) is 1. The topological polar surface area (TPSA) is 9.23 Å². The van der Waals surface area contributed by atoms with E-state index in [4.69, 9.17) is 12.6 Å². The number of hydrogen-bond acceptors (Lipinski definition) is 1. The fourth-order valence-corrected chi connectivity index (χ4v) is 3.32. The molecule has 1 saturated heterocycles. The van der Waals surface area contributed by atoms with Crippen LogP contribution in [0.4, 0.5) is 0 Å². The van der Waals surface area contributed by atoms with Crippen LogP contribution in [0.15, 0.2) is 0 Å². The van der Waals surface area contributed by atoms with Crippen molar-refractivity contribution < 1.29 is 4.74 Å². The molecule has 0 aromatic rings. The second kappa shape index (κ2) is 2.51. The van der Waals surface area contributed by atoms with Crippen LogP contribution in [0.1, 0.15) is 33.6 Å². The van der Waals surface area contributed by atoms with Gasteiger partial charge in [0.1, 0.15) is 0 Å². The molecule has 66 valence electrons. The Morgan fingerprint density at radius 2 is 2.17 bits per heavy atom. The van der Waals surface area contributed by atoms with Crippen LogP contribution in [-0.2, 0) is 4.74 Å². The van der Waals surface area contributed by atoms with Crippen molar-refractivity contribution in [3.8, 4) is 0 Å². The van der Waals surface area contributed by atoms with Gasteiger partial charge in [0.05, 0.1) is 20.1 Å². The van der Waals surface area contributed by atoms with Crippen molar-refractivity contribution in [3.63, 3.8) is 0 Å². The van der Waals surface area contributed by atoms with Crippen LogP contribution in [0.5, 0.6) is 0 Å². The maximum atomic E-state index is 6.01. The molecule has 2 bridgehead atoms. The summed E-state index contributed by atoms with van der Waals surface area (Å²) in [5.41, 5.74) is 0.393. The Balaban J connectivity index is 2.30. The van der Waals surface area contributed by atoms with E-state index in [9.17, 15) is 0 Å². The predicted molar refractivity (Wildman–Crippen MR) is 50.3 cm³/mol. The molecule has 1 nitrogen and oxygen atoms in total. The van der Waals surface area contributed by atoms with Crippen molar-refractivity contribution in [2.45, 2.75) is 51.6 Å². The molecule has 1 saturated carbocycles. The first kappa shape index (κ1) is 8.62. The Morgan fingerprint density at radius 1 is 1.50 bits per heavy atom. The van der Waals surface area contributed by atoms with Crippen molar-refractivity contribution in [1.82, 2.24) is 0 Å². The Kier molecular flexibility index (Phi) is 1.80. The van der Waals surface area contributed by atoms with Crippen LogP contribution in [0, 0.1) is 11.3 Å². The monoisotopic (exact) mass is 164 g/mol. The van der Waals surface area contributed by atoms with E-state index in [0.717, 1.165) is 6.42 Å². The third-order valence-electron chi connectivity index (χ3n) is 4.27. The standard InChI is InChI=1S/C10H17BO/c1-4-10-5-8(11)9(6(10)2)12-7(10)3/h6-9H,4-5H2,1-3H3/t6?,7?,8-,9+,10-/m1/s1. The summed E-state index contributed by atoms with van der Waals surface area (Å²) in [5, 5.41) is 0. The first-order valence-electron chi connectivity index (χ1n) is 5.03. The second-order valence-electron chi connectivity index (χ2n) is 4.49. The lowest BCUT2D eigenvalue weighted by Crippen LogP contribution is -2.32. The second-order valence-corrected chi connectivity index (χ2v) is 4.49. The molecular weight excluding hydrogens is 147 g/mol. The van der Waals surface area contributed by atoms with Gasteiger partial charge in [-0.15, -0.1) is 0 Å². The van der Waals surface area contributed by atoms with Gasteiger partial charge >= 0.3 is 0 Å². The van der Waals surface area contributed by atoms with Gasteiger partial charge in [0.2, 0.25) is 0 Å². The van der Waals surface area contributed by atoms with Crippen LogP contribution in [0.3, 0.4) is 0 Å². The first-order chi connectivity index (χ1) is 5.62. The minimum absolute atomic E-state index is 0.288. The quantitative estimate of drug-likeness (QED) is 0.539. The molecule has 2 fully saturated rings. The Labute approximate surface area is 76.3 Å². The third-order valence-corrected chi connectivity index (χ3v) is 4.27. The normalized spacial score (nSPS) is 57.9. The highest BCUT2D eigenvalue weighted by atomic mass is 16.5. The SMILES string of the molecule is [B][C@@H]1C[C@@]2(CC)C(C)O[C@H]1C2C. The van der Waals surface area contributed by atoms with E-state index < -0.39 is 0 Å². The molecule has 0 aromatic carbocycles. The number of hydrogen-bond donors (Lipinski definition) is 0. The van der Waals surface area contributed by atoms with Gasteiger partial charge in [-0.1, -0.05) is 19.7 Å². The van der Waals surface area contributed by atoms with Crippen LogP contribution >= 0.6 is 0 Å². The number of rotatable bonds is 1. The summed E-state index contributed by atoms with van der Waals surface area (Å²) < 4.78 is 5.85. The zero-order valence-electron chi connectivity index (χ0n) is 8.21. The first-order valence-corrected chi connectivity index (χ1v) is 5.03. The van der Waals surface area contributed by atoms with Crippen LogP contribution < -0.4 is 0 Å². The van der Waals surface area contributed by atoms with Gasteiger partial charge in [0, 0.05) is 5.41 Å². The minimum Gasteiger partial charge on any atom is -0.375 e. The summed E-state index contributed by atoms with van der Waals surface area (Å²) in [7, 11) is 6.01. The van der Waals surface area contributed by atoms with Crippen molar-refractivity contribution >= 4 is 7.85 Å². The summed E-state index contributed by atoms with van der Waals surface area (Å²) in [6.45, 7) is 6.76. The fourth-order valence-electron chi connectivity index (χ4n) is 3.32. The zero-order valence-corrected chi connectivity index (χ0v) is 8.21. The molecule has 2 radical (unpaired) electrons. The van der Waals surface area contributed by atoms with Gasteiger partial charge in [0.25, 0.3) is 0 Å². The lowest BCUT2D eigenvalue weighted by Gasteiger charge is -2.34. The van der Waals surface area contributed by atoms with E-state index in [2.05, 4.69) is 20.8 Å². The van der Waals surface area contributed by atoms with Gasteiger partial charge in [-0.2, -0.15) is 0 Å². The highest BCUT2D eigenvalue weighted by molar-refractivity contribution is 6.12. The van der Waals surface area contributed by atoms with Crippen molar-refractivity contribution in [1.29, 1.82) is 0 Å². The van der Waals surface area contributed by atoms with E-state index >= 15 is 0 Å². The van der Waals surface area contributed by atoms with E-state index in [1.807, 2.05) is 0 Å². The molecule has 2 rings (SSSR count). The highest BCUT2D eigenvalue weighted by Crippen LogP contribution is 2.60. The molecule has 0 spiro atoms. The molecule has 0 amide bonds. The van der Waals surface area contributed by atoms with Crippen LogP contribution in [-0.4, -0.2) is 20.1 Å². The molecule has 0 N–H and O–H groups in total. The summed E-state index contributed by atoms with van der Waals surface area (Å²) in [4.78, 5) is 0. The lowest BCUT2D eigenvalue weighted by molar-refractivity contribution is -0.0169. The summed E-state index contributed by atoms with van der Waals surface area (Å²) in [6, 6.07) is 0. The molecule has 12 heavy (non-hydrogen) atoms. The molecule has 0 aromatic heterocycles. The summed E-state index contributed by atoms with van der Waals surface area (Å²) in [5.74, 6) is 0.948. The van der Waals surface area contributed by atoms with Gasteiger partial charge < -0.3 is 4.74 Å². The van der Waals surface area contributed by atoms with E-state index in [1.54, 1.807) is 0 Å². The summed E-state index contributed by atoms with van der Waals surface area (Å²) in [6.07, 6.45) is 3.12. The van der Waals surface area contributed by atoms with Gasteiger partial charge in [-0.25, -0.2) is 0 Å². The maximum Gasteiger partial charge on any atom is 0.0735 e. The molecular formula is C10H17BO. The minimum atomic E-state index is 0.288. The summed E-state index contributed by atoms with van der Waals surface area (Å²) >= 11 is 0. The molecule has 2 unspecified atom stereocenters. The highest BCUT2D eigenvalue weighted by Gasteiger charge is 2.58. The van der Waals surface area contributed by atoms with Crippen LogP contribution in [0.2, 0.25) is 5.82 Å². The van der Waals surface area contributed by atoms with Gasteiger partial charge in [-0.05, 0) is 25.7 Å². The Hall–Kier alpha value is 0.0249. The Morgan fingerprint density at radius 3 is 2.50 bits per heavy atom. The fraction of sp³-hybridized carbons (Fsp3) is 1.00. The molecule has 5 atom stereocenters. The van der Waals surface area contributed by atoms with Crippen molar-refractivity contribution in [2.24, 2.45) is 11.3 Å². The largest absolute Gasteiger partial charge is 0.375 e. The average Bonchev–Trinajstić information content (AvgIpc) is 2.41. The van der Waals surface area contributed by atoms with E-state index in [1.165, 1.54) is 6.42 Å². The molecule has 1 aliphatic carbocycles.